The van der Waals surface area contributed by atoms with Crippen molar-refractivity contribution in [1.82, 2.24) is 10.2 Å². The number of benzene rings is 2. The quantitative estimate of drug-likeness (QED) is 0.710. The van der Waals surface area contributed by atoms with E-state index in [1.807, 2.05) is 68.4 Å². The first-order valence-corrected chi connectivity index (χ1v) is 8.53. The lowest BCUT2D eigenvalue weighted by Crippen LogP contribution is -2.31. The third-order valence-corrected chi connectivity index (χ3v) is 4.08. The maximum atomic E-state index is 10.1. The lowest BCUT2D eigenvalue weighted by atomic mass is 10.1. The molecule has 1 unspecified atom stereocenters. The topological polar surface area (TPSA) is 62.4 Å². The Balaban J connectivity index is 1.80. The van der Waals surface area contributed by atoms with Gasteiger partial charge in [0, 0.05) is 17.8 Å². The maximum Gasteiger partial charge on any atom is 0.247 e. The highest BCUT2D eigenvalue weighted by Crippen LogP contribution is 2.21. The Kier molecular flexibility index (Phi) is 5.46. The van der Waals surface area contributed by atoms with Gasteiger partial charge < -0.3 is 14.4 Å². The Labute approximate surface area is 147 Å². The van der Waals surface area contributed by atoms with Gasteiger partial charge in [-0.2, -0.15) is 0 Å². The molecule has 1 atom stereocenters. The van der Waals surface area contributed by atoms with Crippen molar-refractivity contribution in [3.8, 4) is 11.5 Å². The number of nitrogens with zero attached hydrogens (tertiary/aromatic N) is 3. The standard InChI is InChI=1S/C20H23N3O2/c1-3-18(24)13-23(17-10-5-4-6-11-17)14-19-21-22-20(25-19)16-9-7-8-15(2)12-16/h4-12,18,24H,3,13-14H2,1-2H3. The molecular weight excluding hydrogens is 314 g/mol. The fourth-order valence-electron chi connectivity index (χ4n) is 2.66. The van der Waals surface area contributed by atoms with Gasteiger partial charge in [0.05, 0.1) is 12.6 Å². The molecule has 25 heavy (non-hydrogen) atoms. The molecule has 0 spiro atoms. The van der Waals surface area contributed by atoms with E-state index in [1.165, 1.54) is 0 Å². The van der Waals surface area contributed by atoms with Crippen molar-refractivity contribution in [2.24, 2.45) is 0 Å². The van der Waals surface area contributed by atoms with Gasteiger partial charge in [-0.3, -0.25) is 0 Å². The van der Waals surface area contributed by atoms with Gasteiger partial charge in [-0.1, -0.05) is 42.8 Å². The van der Waals surface area contributed by atoms with E-state index >= 15 is 0 Å². The average molecular weight is 337 g/mol. The van der Waals surface area contributed by atoms with Crippen molar-refractivity contribution in [3.05, 3.63) is 66.1 Å². The number of aryl methyl sites for hydroxylation is 1. The number of aliphatic hydroxyl groups excluding tert-OH is 1. The van der Waals surface area contributed by atoms with Crippen molar-refractivity contribution in [2.45, 2.75) is 32.9 Å². The SMILES string of the molecule is CCC(O)CN(Cc1nnc(-c2cccc(C)c2)o1)c1ccccc1. The van der Waals surface area contributed by atoms with Crippen molar-refractivity contribution in [3.63, 3.8) is 0 Å². The van der Waals surface area contributed by atoms with Crippen LogP contribution in [0.5, 0.6) is 0 Å². The van der Waals surface area contributed by atoms with Crippen LogP contribution in [0.25, 0.3) is 11.5 Å². The molecule has 3 aromatic rings. The molecule has 1 aromatic heterocycles. The van der Waals surface area contributed by atoms with Crippen LogP contribution in [0.2, 0.25) is 0 Å². The zero-order valence-electron chi connectivity index (χ0n) is 14.6. The minimum absolute atomic E-state index is 0.403. The fraction of sp³-hybridized carbons (Fsp3) is 0.300. The van der Waals surface area contributed by atoms with E-state index in [-0.39, 0.29) is 0 Å². The number of para-hydroxylation sites is 1. The van der Waals surface area contributed by atoms with Crippen molar-refractivity contribution in [2.75, 3.05) is 11.4 Å². The molecule has 0 fully saturated rings. The van der Waals surface area contributed by atoms with Crippen LogP contribution in [0, 0.1) is 6.92 Å². The summed E-state index contributed by atoms with van der Waals surface area (Å²) >= 11 is 0. The smallest absolute Gasteiger partial charge is 0.247 e. The molecule has 5 nitrogen and oxygen atoms in total. The first kappa shape index (κ1) is 17.2. The molecule has 3 rings (SSSR count). The zero-order chi connectivity index (χ0) is 17.6. The van der Waals surface area contributed by atoms with Gasteiger partial charge in [0.15, 0.2) is 0 Å². The lowest BCUT2D eigenvalue weighted by molar-refractivity contribution is 0.174. The van der Waals surface area contributed by atoms with Gasteiger partial charge in [0.25, 0.3) is 0 Å². The van der Waals surface area contributed by atoms with E-state index in [9.17, 15) is 5.11 Å². The number of hydrogen-bond donors (Lipinski definition) is 1. The Bertz CT molecular complexity index is 801. The van der Waals surface area contributed by atoms with Crippen LogP contribution in [0.4, 0.5) is 5.69 Å². The van der Waals surface area contributed by atoms with E-state index < -0.39 is 6.10 Å². The van der Waals surface area contributed by atoms with Crippen LogP contribution >= 0.6 is 0 Å². The first-order chi connectivity index (χ1) is 12.2. The summed E-state index contributed by atoms with van der Waals surface area (Å²) in [5.41, 5.74) is 3.08. The molecule has 0 aliphatic carbocycles. The maximum absolute atomic E-state index is 10.1. The summed E-state index contributed by atoms with van der Waals surface area (Å²) < 4.78 is 5.85. The summed E-state index contributed by atoms with van der Waals surface area (Å²) in [6.07, 6.45) is 0.293. The van der Waals surface area contributed by atoms with Crippen molar-refractivity contribution < 1.29 is 9.52 Å². The third-order valence-electron chi connectivity index (χ3n) is 4.08. The Morgan fingerprint density at radius 3 is 2.60 bits per heavy atom. The van der Waals surface area contributed by atoms with Gasteiger partial charge in [-0.05, 0) is 37.6 Å². The molecular formula is C20H23N3O2. The van der Waals surface area contributed by atoms with E-state index in [0.717, 1.165) is 16.8 Å². The number of anilines is 1. The Hall–Kier alpha value is -2.66. The van der Waals surface area contributed by atoms with Crippen LogP contribution < -0.4 is 4.90 Å². The molecule has 0 aliphatic rings. The summed E-state index contributed by atoms with van der Waals surface area (Å²) in [5, 5.41) is 18.4. The average Bonchev–Trinajstić information content (AvgIpc) is 3.10. The van der Waals surface area contributed by atoms with Crippen molar-refractivity contribution in [1.29, 1.82) is 0 Å². The molecule has 0 aliphatic heterocycles. The highest BCUT2D eigenvalue weighted by Gasteiger charge is 2.16. The van der Waals surface area contributed by atoms with Gasteiger partial charge in [0.1, 0.15) is 0 Å². The number of aromatic nitrogens is 2. The van der Waals surface area contributed by atoms with Gasteiger partial charge in [-0.15, -0.1) is 10.2 Å². The monoisotopic (exact) mass is 337 g/mol. The normalized spacial score (nSPS) is 12.1. The molecule has 5 heteroatoms. The molecule has 0 amide bonds. The number of rotatable bonds is 7. The predicted octanol–water partition coefficient (Wildman–Crippen LogP) is 3.82. The predicted molar refractivity (Wildman–Crippen MR) is 98.3 cm³/mol. The van der Waals surface area contributed by atoms with E-state index in [0.29, 0.717) is 31.3 Å². The van der Waals surface area contributed by atoms with E-state index in [4.69, 9.17) is 4.42 Å². The van der Waals surface area contributed by atoms with Gasteiger partial charge in [0.2, 0.25) is 11.8 Å². The minimum Gasteiger partial charge on any atom is -0.419 e. The third kappa shape index (κ3) is 4.45. The lowest BCUT2D eigenvalue weighted by Gasteiger charge is -2.25. The minimum atomic E-state index is -0.403. The van der Waals surface area contributed by atoms with Gasteiger partial charge >= 0.3 is 0 Å². The second-order valence-corrected chi connectivity index (χ2v) is 6.15. The number of hydrogen-bond acceptors (Lipinski definition) is 5. The molecule has 0 saturated carbocycles. The van der Waals surface area contributed by atoms with Gasteiger partial charge in [-0.25, -0.2) is 0 Å². The summed E-state index contributed by atoms with van der Waals surface area (Å²) in [6.45, 7) is 4.98. The highest BCUT2D eigenvalue weighted by molar-refractivity contribution is 5.53. The van der Waals surface area contributed by atoms with Crippen LogP contribution in [-0.4, -0.2) is 28.0 Å². The van der Waals surface area contributed by atoms with E-state index in [1.54, 1.807) is 0 Å². The van der Waals surface area contributed by atoms with Crippen LogP contribution in [0.1, 0.15) is 24.8 Å². The zero-order valence-corrected chi connectivity index (χ0v) is 14.6. The molecule has 1 heterocycles. The summed E-state index contributed by atoms with van der Waals surface area (Å²) in [6, 6.07) is 17.9. The van der Waals surface area contributed by atoms with Crippen molar-refractivity contribution >= 4 is 5.69 Å². The molecule has 2 aromatic carbocycles. The Morgan fingerprint density at radius 1 is 1.08 bits per heavy atom. The van der Waals surface area contributed by atoms with Crippen LogP contribution in [-0.2, 0) is 6.54 Å². The summed E-state index contributed by atoms with van der Waals surface area (Å²) in [4.78, 5) is 2.06. The summed E-state index contributed by atoms with van der Waals surface area (Å²) in [5.74, 6) is 1.05. The van der Waals surface area contributed by atoms with Crippen LogP contribution in [0.3, 0.4) is 0 Å². The number of aliphatic hydroxyl groups is 1. The molecule has 0 saturated heterocycles. The summed E-state index contributed by atoms with van der Waals surface area (Å²) in [7, 11) is 0. The largest absolute Gasteiger partial charge is 0.419 e. The molecule has 130 valence electrons. The van der Waals surface area contributed by atoms with E-state index in [2.05, 4.69) is 15.1 Å². The fourth-order valence-corrected chi connectivity index (χ4v) is 2.66. The first-order valence-electron chi connectivity index (χ1n) is 8.53. The Morgan fingerprint density at radius 2 is 1.88 bits per heavy atom. The molecule has 0 radical (unpaired) electrons. The molecule has 0 bridgehead atoms. The second kappa shape index (κ2) is 7.94. The second-order valence-electron chi connectivity index (χ2n) is 6.15. The highest BCUT2D eigenvalue weighted by atomic mass is 16.4. The van der Waals surface area contributed by atoms with Crippen LogP contribution in [0.15, 0.2) is 59.0 Å². The molecule has 1 N–H and O–H groups in total.